The smallest absolute Gasteiger partial charge is 0.344 e. The maximum absolute atomic E-state index is 13.6. The van der Waals surface area contributed by atoms with E-state index in [0.717, 1.165) is 0 Å². The fourth-order valence-electron chi connectivity index (χ4n) is 5.12. The third-order valence-corrected chi connectivity index (χ3v) is 7.78. The van der Waals surface area contributed by atoms with E-state index < -0.39 is 11.5 Å². The van der Waals surface area contributed by atoms with Crippen LogP contribution in [0.2, 0.25) is 5.02 Å². The molecule has 3 aromatic carbocycles. The van der Waals surface area contributed by atoms with E-state index in [9.17, 15) is 4.79 Å². The van der Waals surface area contributed by atoms with E-state index in [4.69, 9.17) is 35.2 Å². The molecule has 1 aliphatic heterocycles. The Bertz CT molecular complexity index is 2040. The van der Waals surface area contributed by atoms with Crippen LogP contribution in [0.4, 0.5) is 0 Å². The molecule has 0 saturated carbocycles. The van der Waals surface area contributed by atoms with E-state index in [2.05, 4.69) is 26.0 Å². The Morgan fingerprint density at radius 2 is 1.82 bits per heavy atom. The van der Waals surface area contributed by atoms with Gasteiger partial charge in [-0.25, -0.2) is 19.3 Å². The first-order chi connectivity index (χ1) is 19.5. The minimum absolute atomic E-state index is 0.296. The van der Waals surface area contributed by atoms with E-state index in [-0.39, 0.29) is 0 Å². The molecule has 9 nitrogen and oxygen atoms in total. The van der Waals surface area contributed by atoms with Gasteiger partial charge in [-0.05, 0) is 57.9 Å². The number of nitrogens with zero attached hydrogens (tertiary/aromatic N) is 4. The van der Waals surface area contributed by atoms with Crippen LogP contribution >= 0.6 is 27.5 Å². The summed E-state index contributed by atoms with van der Waals surface area (Å²) < 4.78 is 25.5. The Kier molecular flexibility index (Phi) is 5.76. The molecule has 1 atom stereocenters. The van der Waals surface area contributed by atoms with Gasteiger partial charge in [-0.3, -0.25) is 0 Å². The van der Waals surface area contributed by atoms with Crippen LogP contribution in [0, 0.1) is 0 Å². The Morgan fingerprint density at radius 3 is 2.62 bits per heavy atom. The van der Waals surface area contributed by atoms with Crippen molar-refractivity contribution in [3.05, 3.63) is 104 Å². The zero-order valence-corrected chi connectivity index (χ0v) is 23.4. The van der Waals surface area contributed by atoms with Gasteiger partial charge in [-0.15, -0.1) is 5.10 Å². The summed E-state index contributed by atoms with van der Waals surface area (Å²) in [5.74, 6) is 1.37. The van der Waals surface area contributed by atoms with Crippen LogP contribution in [0.3, 0.4) is 0 Å². The lowest BCUT2D eigenvalue weighted by atomic mass is 9.84. The zero-order valence-electron chi connectivity index (χ0n) is 21.0. The fraction of sp³-hybridized carbons (Fsp3) is 0.103. The van der Waals surface area contributed by atoms with E-state index in [0.29, 0.717) is 77.3 Å². The van der Waals surface area contributed by atoms with Gasteiger partial charge in [0, 0.05) is 5.56 Å². The van der Waals surface area contributed by atoms with Crippen molar-refractivity contribution >= 4 is 44.1 Å². The summed E-state index contributed by atoms with van der Waals surface area (Å²) in [5, 5.41) is 5.79. The molecule has 0 saturated heterocycles. The average molecular weight is 618 g/mol. The monoisotopic (exact) mass is 616 g/mol. The minimum atomic E-state index is -0.699. The van der Waals surface area contributed by atoms with Crippen molar-refractivity contribution in [3.8, 4) is 34.5 Å². The normalized spacial score (nSPS) is 14.1. The van der Waals surface area contributed by atoms with Crippen LogP contribution in [0.25, 0.3) is 28.0 Å². The Balaban J connectivity index is 1.57. The molecule has 0 bridgehead atoms. The zero-order chi connectivity index (χ0) is 27.5. The van der Waals surface area contributed by atoms with Gasteiger partial charge >= 0.3 is 5.63 Å². The lowest BCUT2D eigenvalue weighted by Crippen LogP contribution is -2.22. The summed E-state index contributed by atoms with van der Waals surface area (Å²) in [5.41, 5.74) is 2.54. The van der Waals surface area contributed by atoms with Crippen LogP contribution in [-0.2, 0) is 0 Å². The van der Waals surface area contributed by atoms with Crippen LogP contribution in [0.1, 0.15) is 22.6 Å². The largest absolute Gasteiger partial charge is 0.493 e. The first-order valence-electron chi connectivity index (χ1n) is 12.1. The summed E-state index contributed by atoms with van der Waals surface area (Å²) in [4.78, 5) is 23.1. The second kappa shape index (κ2) is 9.35. The lowest BCUT2D eigenvalue weighted by molar-refractivity contribution is 0.352. The summed E-state index contributed by atoms with van der Waals surface area (Å²) in [6.07, 6.45) is 1.53. The lowest BCUT2D eigenvalue weighted by Gasteiger charge is -2.28. The number of methoxy groups -OCH3 is 2. The van der Waals surface area contributed by atoms with Crippen molar-refractivity contribution < 1.29 is 18.6 Å². The molecule has 0 fully saturated rings. The Hall–Kier alpha value is -4.41. The van der Waals surface area contributed by atoms with Crippen LogP contribution in [0.5, 0.6) is 23.1 Å². The molecule has 11 heteroatoms. The summed E-state index contributed by atoms with van der Waals surface area (Å²) in [7, 11) is 3.11. The molecule has 0 amide bonds. The first-order valence-corrected chi connectivity index (χ1v) is 13.3. The number of aromatic nitrogens is 4. The maximum Gasteiger partial charge on any atom is 0.344 e. The van der Waals surface area contributed by atoms with Gasteiger partial charge in [0.15, 0.2) is 28.7 Å². The topological polar surface area (TPSA) is 101 Å². The van der Waals surface area contributed by atoms with Crippen molar-refractivity contribution in [2.24, 2.45) is 0 Å². The highest BCUT2D eigenvalue weighted by molar-refractivity contribution is 9.10. The number of hydrogen-bond donors (Lipinski definition) is 0. The number of hydrogen-bond acceptors (Lipinski definition) is 8. The van der Waals surface area contributed by atoms with Crippen molar-refractivity contribution in [2.45, 2.75) is 5.92 Å². The number of halogens is 2. The number of fused-ring (bicyclic) bond motifs is 6. The predicted molar refractivity (Wildman–Crippen MR) is 152 cm³/mol. The minimum Gasteiger partial charge on any atom is -0.493 e. The maximum atomic E-state index is 13.6. The number of benzene rings is 3. The van der Waals surface area contributed by atoms with Gasteiger partial charge in [0.1, 0.15) is 11.9 Å². The molecule has 4 heterocycles. The molecule has 0 spiro atoms. The second-order valence-electron chi connectivity index (χ2n) is 9.05. The average Bonchev–Trinajstić information content (AvgIpc) is 3.40. The van der Waals surface area contributed by atoms with Crippen LogP contribution in [0.15, 0.2) is 80.7 Å². The highest BCUT2D eigenvalue weighted by Gasteiger charge is 2.38. The SMILES string of the molecule is COc1cc(C2c3c(c4ccccc4oc3=O)Oc3ncn4nc(-c5ccccc5Cl)nc4c32)cc(Br)c1OC. The van der Waals surface area contributed by atoms with Gasteiger partial charge in [0.2, 0.25) is 5.88 Å². The third kappa shape index (κ3) is 3.67. The van der Waals surface area contributed by atoms with Gasteiger partial charge in [0.05, 0.1) is 46.1 Å². The molecule has 0 aliphatic carbocycles. The van der Waals surface area contributed by atoms with E-state index in [1.54, 1.807) is 36.9 Å². The molecule has 3 aromatic heterocycles. The third-order valence-electron chi connectivity index (χ3n) is 6.87. The Morgan fingerprint density at radius 1 is 1.02 bits per heavy atom. The number of rotatable bonds is 4. The van der Waals surface area contributed by atoms with Gasteiger partial charge in [-0.2, -0.15) is 0 Å². The highest BCUT2D eigenvalue weighted by Crippen LogP contribution is 2.51. The van der Waals surface area contributed by atoms with Gasteiger partial charge in [-0.1, -0.05) is 35.9 Å². The van der Waals surface area contributed by atoms with Crippen molar-refractivity contribution in [1.29, 1.82) is 0 Å². The molecular weight excluding hydrogens is 600 g/mol. The number of ether oxygens (including phenoxy) is 3. The van der Waals surface area contributed by atoms with Crippen molar-refractivity contribution in [1.82, 2.24) is 19.6 Å². The van der Waals surface area contributed by atoms with Crippen molar-refractivity contribution in [2.75, 3.05) is 14.2 Å². The summed E-state index contributed by atoms with van der Waals surface area (Å²) in [6, 6.07) is 18.2. The van der Waals surface area contributed by atoms with Crippen LogP contribution < -0.4 is 19.8 Å². The van der Waals surface area contributed by atoms with Gasteiger partial charge in [0.25, 0.3) is 0 Å². The molecule has 1 aliphatic rings. The molecule has 40 heavy (non-hydrogen) atoms. The second-order valence-corrected chi connectivity index (χ2v) is 10.3. The van der Waals surface area contributed by atoms with Crippen molar-refractivity contribution in [3.63, 3.8) is 0 Å². The predicted octanol–water partition coefficient (Wildman–Crippen LogP) is 6.62. The molecule has 0 N–H and O–H groups in total. The Labute approximate surface area is 240 Å². The number of para-hydroxylation sites is 1. The summed E-state index contributed by atoms with van der Waals surface area (Å²) >= 11 is 10.1. The standard InChI is InChI=1S/C29H18BrClN4O5/c1-37-20-12-14(11-17(30)25(20)38-2)21-22-24(16-8-4-6-10-19(16)39-29(22)36)40-28-23(21)27-33-26(34-35(27)13-32-28)15-7-3-5-9-18(15)31/h3-13,21H,1-2H3. The molecule has 198 valence electrons. The van der Waals surface area contributed by atoms with E-state index in [1.807, 2.05) is 42.5 Å². The van der Waals surface area contributed by atoms with Crippen LogP contribution in [-0.4, -0.2) is 33.8 Å². The molecule has 1 unspecified atom stereocenters. The quantitative estimate of drug-likeness (QED) is 0.203. The molecule has 7 rings (SSSR count). The van der Waals surface area contributed by atoms with E-state index in [1.165, 1.54) is 6.33 Å². The molecule has 0 radical (unpaired) electrons. The highest BCUT2D eigenvalue weighted by atomic mass is 79.9. The molecular formula is C29H18BrClN4O5. The van der Waals surface area contributed by atoms with E-state index >= 15 is 0 Å². The fourth-order valence-corrected chi connectivity index (χ4v) is 5.97. The molecule has 6 aromatic rings. The summed E-state index contributed by atoms with van der Waals surface area (Å²) in [6.45, 7) is 0. The van der Waals surface area contributed by atoms with Gasteiger partial charge < -0.3 is 18.6 Å². The first kappa shape index (κ1) is 24.6.